The van der Waals surface area contributed by atoms with Crippen molar-refractivity contribution < 1.29 is 9.53 Å². The van der Waals surface area contributed by atoms with Gasteiger partial charge in [-0.05, 0) is 36.7 Å². The van der Waals surface area contributed by atoms with Gasteiger partial charge in [-0.15, -0.1) is 0 Å². The molecule has 1 N–H and O–H groups in total. The van der Waals surface area contributed by atoms with E-state index in [4.69, 9.17) is 16.3 Å². The van der Waals surface area contributed by atoms with Crippen LogP contribution in [0.3, 0.4) is 0 Å². The maximum atomic E-state index is 11.7. The number of esters is 1. The number of carbonyl (C=O) groups is 1. The SMILES string of the molecule is CC(C(=O)OCc1ccc(Cl)cc1)C1CNC1. The number of hydrogen-bond donors (Lipinski definition) is 1. The second kappa shape index (κ2) is 5.52. The summed E-state index contributed by atoms with van der Waals surface area (Å²) in [5.41, 5.74) is 0.960. The molecule has 0 amide bonds. The van der Waals surface area contributed by atoms with Gasteiger partial charge in [-0.1, -0.05) is 30.7 Å². The molecule has 1 unspecified atom stereocenters. The number of hydrogen-bond acceptors (Lipinski definition) is 3. The number of carbonyl (C=O) groups excluding carboxylic acids is 1. The molecule has 3 nitrogen and oxygen atoms in total. The van der Waals surface area contributed by atoms with E-state index in [1.807, 2.05) is 19.1 Å². The van der Waals surface area contributed by atoms with Crippen LogP contribution < -0.4 is 5.32 Å². The van der Waals surface area contributed by atoms with Crippen LogP contribution in [0.2, 0.25) is 5.02 Å². The molecule has 1 aromatic rings. The topological polar surface area (TPSA) is 38.3 Å². The summed E-state index contributed by atoms with van der Waals surface area (Å²) in [7, 11) is 0. The molecule has 1 aromatic carbocycles. The van der Waals surface area contributed by atoms with E-state index in [0.717, 1.165) is 18.7 Å². The summed E-state index contributed by atoms with van der Waals surface area (Å²) in [5.74, 6) is 0.280. The molecule has 1 saturated heterocycles. The molecule has 0 aliphatic carbocycles. The lowest BCUT2D eigenvalue weighted by Gasteiger charge is -2.31. The maximum Gasteiger partial charge on any atom is 0.309 e. The fourth-order valence-electron chi connectivity index (χ4n) is 1.72. The van der Waals surface area contributed by atoms with Crippen molar-refractivity contribution in [3.05, 3.63) is 34.9 Å². The normalized spacial score (nSPS) is 17.3. The van der Waals surface area contributed by atoms with Crippen molar-refractivity contribution in [2.75, 3.05) is 13.1 Å². The van der Waals surface area contributed by atoms with Crippen molar-refractivity contribution >= 4 is 17.6 Å². The van der Waals surface area contributed by atoms with Crippen LogP contribution in [0.15, 0.2) is 24.3 Å². The van der Waals surface area contributed by atoms with Gasteiger partial charge in [-0.3, -0.25) is 4.79 Å². The molecule has 0 aromatic heterocycles. The molecule has 2 rings (SSSR count). The van der Waals surface area contributed by atoms with Crippen molar-refractivity contribution in [3.8, 4) is 0 Å². The van der Waals surface area contributed by atoms with Gasteiger partial charge in [0.05, 0.1) is 5.92 Å². The Bertz CT molecular complexity index is 387. The van der Waals surface area contributed by atoms with Crippen molar-refractivity contribution in [2.45, 2.75) is 13.5 Å². The summed E-state index contributed by atoms with van der Waals surface area (Å²) < 4.78 is 5.28. The minimum Gasteiger partial charge on any atom is -0.461 e. The Labute approximate surface area is 106 Å². The third kappa shape index (κ3) is 3.20. The zero-order chi connectivity index (χ0) is 12.3. The van der Waals surface area contributed by atoms with Gasteiger partial charge in [0.25, 0.3) is 0 Å². The molecule has 1 fully saturated rings. The monoisotopic (exact) mass is 253 g/mol. The summed E-state index contributed by atoms with van der Waals surface area (Å²) in [6.45, 7) is 4.07. The Hall–Kier alpha value is -1.06. The zero-order valence-electron chi connectivity index (χ0n) is 9.78. The molecule has 0 spiro atoms. The van der Waals surface area contributed by atoms with Gasteiger partial charge in [0.15, 0.2) is 0 Å². The van der Waals surface area contributed by atoms with Crippen LogP contribution in [0.25, 0.3) is 0 Å². The molecule has 92 valence electrons. The molecular formula is C13H16ClNO2. The Morgan fingerprint density at radius 1 is 1.47 bits per heavy atom. The van der Waals surface area contributed by atoms with Gasteiger partial charge < -0.3 is 10.1 Å². The van der Waals surface area contributed by atoms with Gasteiger partial charge in [-0.2, -0.15) is 0 Å². The van der Waals surface area contributed by atoms with Crippen molar-refractivity contribution in [1.82, 2.24) is 5.32 Å². The number of halogens is 1. The molecule has 4 heteroatoms. The smallest absolute Gasteiger partial charge is 0.309 e. The van der Waals surface area contributed by atoms with E-state index in [-0.39, 0.29) is 11.9 Å². The van der Waals surface area contributed by atoms with Crippen LogP contribution in [0, 0.1) is 11.8 Å². The van der Waals surface area contributed by atoms with Crippen LogP contribution in [-0.2, 0) is 16.1 Å². The Kier molecular flexibility index (Phi) is 4.02. The second-order valence-electron chi connectivity index (χ2n) is 4.44. The lowest BCUT2D eigenvalue weighted by molar-refractivity contribution is -0.151. The predicted molar refractivity (Wildman–Crippen MR) is 66.8 cm³/mol. The third-order valence-corrected chi connectivity index (χ3v) is 3.44. The van der Waals surface area contributed by atoms with E-state index in [1.54, 1.807) is 12.1 Å². The van der Waals surface area contributed by atoms with E-state index in [2.05, 4.69) is 5.32 Å². The third-order valence-electron chi connectivity index (χ3n) is 3.19. The Morgan fingerprint density at radius 2 is 2.12 bits per heavy atom. The highest BCUT2D eigenvalue weighted by molar-refractivity contribution is 6.30. The summed E-state index contributed by atoms with van der Waals surface area (Å²) in [4.78, 5) is 11.7. The first kappa shape index (κ1) is 12.4. The first-order valence-electron chi connectivity index (χ1n) is 5.78. The van der Waals surface area contributed by atoms with Gasteiger partial charge in [0.1, 0.15) is 6.61 Å². The van der Waals surface area contributed by atoms with Gasteiger partial charge in [0, 0.05) is 5.02 Å². The van der Waals surface area contributed by atoms with Crippen molar-refractivity contribution in [2.24, 2.45) is 11.8 Å². The van der Waals surface area contributed by atoms with Gasteiger partial charge in [-0.25, -0.2) is 0 Å². The van der Waals surface area contributed by atoms with Crippen molar-refractivity contribution in [3.63, 3.8) is 0 Å². The fourth-order valence-corrected chi connectivity index (χ4v) is 1.85. The molecule has 0 bridgehead atoms. The predicted octanol–water partition coefficient (Wildman–Crippen LogP) is 2.24. The molecule has 0 radical (unpaired) electrons. The second-order valence-corrected chi connectivity index (χ2v) is 4.88. The largest absolute Gasteiger partial charge is 0.461 e. The highest BCUT2D eigenvalue weighted by Crippen LogP contribution is 2.18. The lowest BCUT2D eigenvalue weighted by Crippen LogP contribution is -2.47. The van der Waals surface area contributed by atoms with Gasteiger partial charge >= 0.3 is 5.97 Å². The first-order chi connectivity index (χ1) is 8.16. The minimum absolute atomic E-state index is 0.0245. The summed E-state index contributed by atoms with van der Waals surface area (Å²) in [5, 5.41) is 3.84. The summed E-state index contributed by atoms with van der Waals surface area (Å²) in [6.07, 6.45) is 0. The van der Waals surface area contributed by atoms with Crippen LogP contribution in [0.4, 0.5) is 0 Å². The Balaban J connectivity index is 1.81. The molecule has 1 heterocycles. The van der Waals surface area contributed by atoms with Crippen LogP contribution in [-0.4, -0.2) is 19.1 Å². The van der Waals surface area contributed by atoms with Crippen LogP contribution in [0.1, 0.15) is 12.5 Å². The molecule has 1 aliphatic heterocycles. The first-order valence-corrected chi connectivity index (χ1v) is 6.16. The van der Waals surface area contributed by atoms with Crippen LogP contribution in [0.5, 0.6) is 0 Å². The highest BCUT2D eigenvalue weighted by Gasteiger charge is 2.29. The number of ether oxygens (including phenoxy) is 1. The number of benzene rings is 1. The highest BCUT2D eigenvalue weighted by atomic mass is 35.5. The number of rotatable bonds is 4. The Morgan fingerprint density at radius 3 is 2.65 bits per heavy atom. The number of nitrogens with one attached hydrogen (secondary N) is 1. The van der Waals surface area contributed by atoms with E-state index in [0.29, 0.717) is 17.5 Å². The van der Waals surface area contributed by atoms with E-state index >= 15 is 0 Å². The lowest BCUT2D eigenvalue weighted by atomic mass is 9.89. The molecule has 0 saturated carbocycles. The van der Waals surface area contributed by atoms with E-state index in [1.165, 1.54) is 0 Å². The zero-order valence-corrected chi connectivity index (χ0v) is 10.5. The minimum atomic E-state index is -0.119. The fraction of sp³-hybridized carbons (Fsp3) is 0.462. The standard InChI is InChI=1S/C13H16ClNO2/c1-9(11-6-15-7-11)13(16)17-8-10-2-4-12(14)5-3-10/h2-5,9,11,15H,6-8H2,1H3. The quantitative estimate of drug-likeness (QED) is 0.837. The van der Waals surface area contributed by atoms with Crippen molar-refractivity contribution in [1.29, 1.82) is 0 Å². The average molecular weight is 254 g/mol. The summed E-state index contributed by atoms with van der Waals surface area (Å²) in [6, 6.07) is 7.32. The molecule has 1 atom stereocenters. The van der Waals surface area contributed by atoms with Gasteiger partial charge in [0.2, 0.25) is 0 Å². The van der Waals surface area contributed by atoms with Crippen LogP contribution >= 0.6 is 11.6 Å². The molecule has 1 aliphatic rings. The maximum absolute atomic E-state index is 11.7. The molecular weight excluding hydrogens is 238 g/mol. The average Bonchev–Trinajstić information content (AvgIpc) is 2.25. The molecule has 17 heavy (non-hydrogen) atoms. The van der Waals surface area contributed by atoms with E-state index < -0.39 is 0 Å². The van der Waals surface area contributed by atoms with E-state index in [9.17, 15) is 4.79 Å². The summed E-state index contributed by atoms with van der Waals surface area (Å²) >= 11 is 5.78.